The second-order valence-corrected chi connectivity index (χ2v) is 6.33. The van der Waals surface area contributed by atoms with Crippen molar-refractivity contribution >= 4 is 10.8 Å². The van der Waals surface area contributed by atoms with Crippen LogP contribution in [-0.4, -0.2) is 0 Å². The highest BCUT2D eigenvalue weighted by Gasteiger charge is 2.28. The Labute approximate surface area is 109 Å². The molecule has 1 aliphatic carbocycles. The van der Waals surface area contributed by atoms with Crippen LogP contribution in [0.25, 0.3) is 10.8 Å². The summed E-state index contributed by atoms with van der Waals surface area (Å²) >= 11 is 0. The molecule has 0 aromatic heterocycles. The first kappa shape index (κ1) is 11.7. The molecule has 0 saturated heterocycles. The maximum absolute atomic E-state index is 6.41. The molecular weight excluding hydrogens is 218 g/mol. The molecule has 94 valence electrons. The molecule has 0 aliphatic heterocycles. The summed E-state index contributed by atoms with van der Waals surface area (Å²) < 4.78 is 0. The molecule has 3 rings (SSSR count). The number of hydrogen-bond acceptors (Lipinski definition) is 1. The smallest absolute Gasteiger partial charge is 0.0302 e. The Morgan fingerprint density at radius 1 is 1.11 bits per heavy atom. The summed E-state index contributed by atoms with van der Waals surface area (Å²) in [7, 11) is 0. The van der Waals surface area contributed by atoms with E-state index in [1.54, 1.807) is 0 Å². The van der Waals surface area contributed by atoms with Crippen LogP contribution >= 0.6 is 0 Å². The normalized spacial score (nSPS) is 22.5. The average molecular weight is 239 g/mol. The number of fused-ring (bicyclic) bond motifs is 3. The van der Waals surface area contributed by atoms with Crippen molar-refractivity contribution in [3.8, 4) is 0 Å². The summed E-state index contributed by atoms with van der Waals surface area (Å²) in [5, 5.41) is 2.73. The molecule has 0 amide bonds. The van der Waals surface area contributed by atoms with Crippen LogP contribution in [0.5, 0.6) is 0 Å². The SMILES string of the molecule is CC1(C)CCc2c(ccc3ccccc23)C(N)C1. The summed E-state index contributed by atoms with van der Waals surface area (Å²) in [5.74, 6) is 0. The summed E-state index contributed by atoms with van der Waals surface area (Å²) in [6, 6.07) is 13.3. The summed E-state index contributed by atoms with van der Waals surface area (Å²) in [5.41, 5.74) is 9.60. The van der Waals surface area contributed by atoms with E-state index in [1.165, 1.54) is 28.3 Å². The number of benzene rings is 2. The van der Waals surface area contributed by atoms with Gasteiger partial charge in [-0.3, -0.25) is 0 Å². The van der Waals surface area contributed by atoms with Crippen LogP contribution in [-0.2, 0) is 6.42 Å². The Kier molecular flexibility index (Phi) is 2.67. The predicted octanol–water partition coefficient (Wildman–Crippen LogP) is 4.20. The highest BCUT2D eigenvalue weighted by atomic mass is 14.6. The van der Waals surface area contributed by atoms with E-state index in [4.69, 9.17) is 5.73 Å². The van der Waals surface area contributed by atoms with Crippen molar-refractivity contribution in [3.63, 3.8) is 0 Å². The van der Waals surface area contributed by atoms with Crippen molar-refractivity contribution < 1.29 is 0 Å². The maximum Gasteiger partial charge on any atom is 0.0302 e. The van der Waals surface area contributed by atoms with Crippen molar-refractivity contribution in [1.29, 1.82) is 0 Å². The topological polar surface area (TPSA) is 26.0 Å². The molecule has 0 radical (unpaired) electrons. The van der Waals surface area contributed by atoms with Gasteiger partial charge in [0.2, 0.25) is 0 Å². The largest absolute Gasteiger partial charge is 0.324 e. The predicted molar refractivity (Wildman–Crippen MR) is 77.6 cm³/mol. The van der Waals surface area contributed by atoms with E-state index in [0.29, 0.717) is 5.41 Å². The van der Waals surface area contributed by atoms with Crippen LogP contribution in [0.4, 0.5) is 0 Å². The molecule has 1 atom stereocenters. The van der Waals surface area contributed by atoms with Crippen molar-refractivity contribution in [2.75, 3.05) is 0 Å². The minimum Gasteiger partial charge on any atom is -0.324 e. The van der Waals surface area contributed by atoms with Crippen LogP contribution in [0.1, 0.15) is 43.9 Å². The van der Waals surface area contributed by atoms with Crippen LogP contribution in [0.2, 0.25) is 0 Å². The van der Waals surface area contributed by atoms with Gasteiger partial charge in [-0.05, 0) is 46.6 Å². The number of nitrogens with two attached hydrogens (primary N) is 1. The molecule has 0 heterocycles. The standard InChI is InChI=1S/C17H21N/c1-17(2)10-9-14-13-6-4-3-5-12(13)7-8-15(14)16(18)11-17/h3-8,16H,9-11,18H2,1-2H3. The molecule has 0 fully saturated rings. The van der Waals surface area contributed by atoms with Gasteiger partial charge in [-0.25, -0.2) is 0 Å². The number of aryl methyl sites for hydroxylation is 1. The first-order valence-electron chi connectivity index (χ1n) is 6.83. The third kappa shape index (κ3) is 1.93. The molecule has 1 heteroatoms. The van der Waals surface area contributed by atoms with Crippen LogP contribution in [0.15, 0.2) is 36.4 Å². The van der Waals surface area contributed by atoms with Gasteiger partial charge < -0.3 is 5.73 Å². The lowest BCUT2D eigenvalue weighted by Crippen LogP contribution is -2.19. The number of hydrogen-bond donors (Lipinski definition) is 1. The van der Waals surface area contributed by atoms with E-state index in [9.17, 15) is 0 Å². The molecule has 2 aromatic rings. The molecule has 1 aliphatic rings. The summed E-state index contributed by atoms with van der Waals surface area (Å²) in [6.45, 7) is 4.67. The lowest BCUT2D eigenvalue weighted by molar-refractivity contribution is 0.294. The monoisotopic (exact) mass is 239 g/mol. The second kappa shape index (κ2) is 4.10. The zero-order valence-electron chi connectivity index (χ0n) is 11.2. The summed E-state index contributed by atoms with van der Waals surface area (Å²) in [6.07, 6.45) is 3.46. The fraction of sp³-hybridized carbons (Fsp3) is 0.412. The lowest BCUT2D eigenvalue weighted by atomic mass is 9.83. The Bertz CT molecular complexity index is 583. The second-order valence-electron chi connectivity index (χ2n) is 6.33. The van der Waals surface area contributed by atoms with Crippen LogP contribution in [0.3, 0.4) is 0 Å². The van der Waals surface area contributed by atoms with Gasteiger partial charge >= 0.3 is 0 Å². The lowest BCUT2D eigenvalue weighted by Gasteiger charge is -2.24. The van der Waals surface area contributed by atoms with Crippen molar-refractivity contribution in [1.82, 2.24) is 0 Å². The van der Waals surface area contributed by atoms with E-state index in [0.717, 1.165) is 12.8 Å². The molecule has 1 nitrogen and oxygen atoms in total. The highest BCUT2D eigenvalue weighted by molar-refractivity contribution is 5.87. The highest BCUT2D eigenvalue weighted by Crippen LogP contribution is 2.40. The average Bonchev–Trinajstić information content (AvgIpc) is 2.46. The van der Waals surface area contributed by atoms with Crippen LogP contribution in [0, 0.1) is 5.41 Å². The minimum absolute atomic E-state index is 0.183. The zero-order valence-corrected chi connectivity index (χ0v) is 11.2. The van der Waals surface area contributed by atoms with E-state index < -0.39 is 0 Å². The molecular formula is C17H21N. The van der Waals surface area contributed by atoms with Gasteiger partial charge in [0, 0.05) is 6.04 Å². The van der Waals surface area contributed by atoms with Crippen molar-refractivity contribution in [2.45, 2.75) is 39.2 Å². The zero-order chi connectivity index (χ0) is 12.8. The van der Waals surface area contributed by atoms with E-state index in [1.807, 2.05) is 0 Å². The fourth-order valence-corrected chi connectivity index (χ4v) is 3.25. The Hall–Kier alpha value is -1.34. The van der Waals surface area contributed by atoms with Crippen molar-refractivity contribution in [2.24, 2.45) is 11.1 Å². The third-order valence-electron chi connectivity index (χ3n) is 4.30. The maximum atomic E-state index is 6.41. The first-order chi connectivity index (χ1) is 8.57. The van der Waals surface area contributed by atoms with Gasteiger partial charge in [0.05, 0.1) is 0 Å². The fourth-order valence-electron chi connectivity index (χ4n) is 3.25. The van der Waals surface area contributed by atoms with Gasteiger partial charge in [-0.2, -0.15) is 0 Å². The quantitative estimate of drug-likeness (QED) is 0.685. The number of rotatable bonds is 0. The van der Waals surface area contributed by atoms with Gasteiger partial charge in [-0.1, -0.05) is 50.2 Å². The van der Waals surface area contributed by atoms with Gasteiger partial charge in [0.1, 0.15) is 0 Å². The molecule has 0 saturated carbocycles. The van der Waals surface area contributed by atoms with Gasteiger partial charge in [0.25, 0.3) is 0 Å². The molecule has 2 N–H and O–H groups in total. The van der Waals surface area contributed by atoms with Gasteiger partial charge in [0.15, 0.2) is 0 Å². The summed E-state index contributed by atoms with van der Waals surface area (Å²) in [4.78, 5) is 0. The Morgan fingerprint density at radius 2 is 1.89 bits per heavy atom. The van der Waals surface area contributed by atoms with Crippen molar-refractivity contribution in [3.05, 3.63) is 47.5 Å². The van der Waals surface area contributed by atoms with E-state index in [-0.39, 0.29) is 6.04 Å². The molecule has 18 heavy (non-hydrogen) atoms. The molecule has 1 unspecified atom stereocenters. The minimum atomic E-state index is 0.183. The van der Waals surface area contributed by atoms with Gasteiger partial charge in [-0.15, -0.1) is 0 Å². The van der Waals surface area contributed by atoms with E-state index in [2.05, 4.69) is 50.2 Å². The molecule has 0 spiro atoms. The Morgan fingerprint density at radius 3 is 2.72 bits per heavy atom. The Balaban J connectivity index is 2.20. The third-order valence-corrected chi connectivity index (χ3v) is 4.30. The molecule has 2 aromatic carbocycles. The molecule has 0 bridgehead atoms. The van der Waals surface area contributed by atoms with E-state index >= 15 is 0 Å². The first-order valence-corrected chi connectivity index (χ1v) is 6.83. The van der Waals surface area contributed by atoms with Crippen LogP contribution < -0.4 is 5.73 Å².